The molecule has 0 radical (unpaired) electrons. The second kappa shape index (κ2) is 7.42. The molecule has 0 fully saturated rings. The minimum absolute atomic E-state index is 0.0550. The van der Waals surface area contributed by atoms with Gasteiger partial charge in [-0.25, -0.2) is 13.1 Å². The van der Waals surface area contributed by atoms with Gasteiger partial charge in [-0.15, -0.1) is 5.10 Å². The topological polar surface area (TPSA) is 99.0 Å². The number of aryl methyl sites for hydroxylation is 1. The zero-order chi connectivity index (χ0) is 18.7. The SMILES string of the molecule is CCOc1ccc(Br)cc1S(=O)(=O)Nc1cccc(-c2nnnn2C)c1. The van der Waals surface area contributed by atoms with Crippen LogP contribution < -0.4 is 9.46 Å². The van der Waals surface area contributed by atoms with E-state index in [0.717, 1.165) is 0 Å². The standard InChI is InChI=1S/C16H16BrN5O3S/c1-3-25-14-8-7-12(17)10-15(14)26(23,24)19-13-6-4-5-11(9-13)16-18-20-21-22(16)2/h4-10,19H,3H2,1-2H3. The van der Waals surface area contributed by atoms with Crippen molar-refractivity contribution in [1.29, 1.82) is 0 Å². The summed E-state index contributed by atoms with van der Waals surface area (Å²) < 4.78 is 35.9. The molecule has 0 aliphatic rings. The first kappa shape index (κ1) is 18.3. The molecule has 2 aromatic carbocycles. The summed E-state index contributed by atoms with van der Waals surface area (Å²) >= 11 is 3.30. The first-order valence-corrected chi connectivity index (χ1v) is 9.96. The van der Waals surface area contributed by atoms with Crippen molar-refractivity contribution in [2.24, 2.45) is 7.05 Å². The normalized spacial score (nSPS) is 11.3. The Morgan fingerprint density at radius 3 is 2.73 bits per heavy atom. The van der Waals surface area contributed by atoms with E-state index in [1.54, 1.807) is 50.4 Å². The van der Waals surface area contributed by atoms with Crippen LogP contribution in [0.2, 0.25) is 0 Å². The Labute approximate surface area is 159 Å². The minimum Gasteiger partial charge on any atom is -0.492 e. The van der Waals surface area contributed by atoms with Gasteiger partial charge in [0.1, 0.15) is 10.6 Å². The molecule has 0 aliphatic carbocycles. The van der Waals surface area contributed by atoms with E-state index in [0.29, 0.717) is 28.2 Å². The van der Waals surface area contributed by atoms with Gasteiger partial charge in [0.05, 0.1) is 6.61 Å². The molecule has 0 bridgehead atoms. The molecule has 0 atom stereocenters. The fourth-order valence-electron chi connectivity index (χ4n) is 2.37. The summed E-state index contributed by atoms with van der Waals surface area (Å²) in [4.78, 5) is 0.0550. The smallest absolute Gasteiger partial charge is 0.265 e. The fraction of sp³-hybridized carbons (Fsp3) is 0.188. The molecule has 0 spiro atoms. The Morgan fingerprint density at radius 1 is 1.23 bits per heavy atom. The third-order valence-corrected chi connectivity index (χ3v) is 5.38. The van der Waals surface area contributed by atoms with Crippen LogP contribution in [-0.2, 0) is 17.1 Å². The number of tetrazole rings is 1. The quantitative estimate of drug-likeness (QED) is 0.636. The van der Waals surface area contributed by atoms with Crippen LogP contribution in [0.4, 0.5) is 5.69 Å². The first-order valence-electron chi connectivity index (χ1n) is 7.68. The van der Waals surface area contributed by atoms with E-state index in [-0.39, 0.29) is 10.6 Å². The minimum atomic E-state index is -3.85. The van der Waals surface area contributed by atoms with Crippen LogP contribution in [0.25, 0.3) is 11.4 Å². The van der Waals surface area contributed by atoms with Gasteiger partial charge in [-0.05, 0) is 47.7 Å². The number of benzene rings is 2. The molecule has 3 aromatic rings. The van der Waals surface area contributed by atoms with Gasteiger partial charge >= 0.3 is 0 Å². The number of nitrogens with zero attached hydrogens (tertiary/aromatic N) is 4. The summed E-state index contributed by atoms with van der Waals surface area (Å²) in [7, 11) is -2.14. The van der Waals surface area contributed by atoms with Crippen molar-refractivity contribution in [3.05, 3.63) is 46.9 Å². The van der Waals surface area contributed by atoms with E-state index in [2.05, 4.69) is 36.2 Å². The Balaban J connectivity index is 1.96. The number of sulfonamides is 1. The van der Waals surface area contributed by atoms with Crippen LogP contribution in [0.3, 0.4) is 0 Å². The summed E-state index contributed by atoms with van der Waals surface area (Å²) in [6.07, 6.45) is 0. The highest BCUT2D eigenvalue weighted by Crippen LogP contribution is 2.30. The lowest BCUT2D eigenvalue weighted by atomic mass is 10.2. The maximum atomic E-state index is 12.9. The van der Waals surface area contributed by atoms with E-state index < -0.39 is 10.0 Å². The Hall–Kier alpha value is -2.46. The highest BCUT2D eigenvalue weighted by molar-refractivity contribution is 9.10. The summed E-state index contributed by atoms with van der Waals surface area (Å²) in [5.41, 5.74) is 1.09. The second-order valence-electron chi connectivity index (χ2n) is 5.34. The Kier molecular flexibility index (Phi) is 5.23. The van der Waals surface area contributed by atoms with Gasteiger partial charge in [-0.1, -0.05) is 28.1 Å². The number of rotatable bonds is 6. The molecule has 136 valence electrons. The van der Waals surface area contributed by atoms with Crippen LogP contribution in [-0.4, -0.2) is 35.2 Å². The lowest BCUT2D eigenvalue weighted by Gasteiger charge is -2.13. The van der Waals surface area contributed by atoms with Gasteiger partial charge in [-0.3, -0.25) is 4.72 Å². The van der Waals surface area contributed by atoms with Crippen molar-refractivity contribution in [1.82, 2.24) is 20.2 Å². The molecule has 1 aromatic heterocycles. The molecular formula is C16H16BrN5O3S. The zero-order valence-corrected chi connectivity index (χ0v) is 16.5. The number of ether oxygens (including phenoxy) is 1. The van der Waals surface area contributed by atoms with Crippen LogP contribution >= 0.6 is 15.9 Å². The molecular weight excluding hydrogens is 422 g/mol. The van der Waals surface area contributed by atoms with Gasteiger partial charge in [0, 0.05) is 22.8 Å². The van der Waals surface area contributed by atoms with Crippen molar-refractivity contribution in [2.45, 2.75) is 11.8 Å². The van der Waals surface area contributed by atoms with Crippen molar-refractivity contribution in [2.75, 3.05) is 11.3 Å². The third-order valence-electron chi connectivity index (χ3n) is 3.49. The predicted molar refractivity (Wildman–Crippen MR) is 100 cm³/mol. The number of aromatic nitrogens is 4. The average molecular weight is 438 g/mol. The lowest BCUT2D eigenvalue weighted by molar-refractivity contribution is 0.331. The molecule has 0 saturated heterocycles. The lowest BCUT2D eigenvalue weighted by Crippen LogP contribution is -2.14. The van der Waals surface area contributed by atoms with E-state index in [1.165, 1.54) is 10.7 Å². The molecule has 1 N–H and O–H groups in total. The fourth-order valence-corrected chi connectivity index (χ4v) is 4.11. The van der Waals surface area contributed by atoms with Crippen LogP contribution in [0, 0.1) is 0 Å². The van der Waals surface area contributed by atoms with Gasteiger partial charge < -0.3 is 4.74 Å². The summed E-state index contributed by atoms with van der Waals surface area (Å²) in [6.45, 7) is 2.16. The third kappa shape index (κ3) is 3.86. The van der Waals surface area contributed by atoms with Crippen LogP contribution in [0.15, 0.2) is 51.8 Å². The second-order valence-corrected chi connectivity index (χ2v) is 7.90. The molecule has 0 aliphatic heterocycles. The Bertz CT molecular complexity index is 1040. The van der Waals surface area contributed by atoms with Gasteiger partial charge in [0.2, 0.25) is 0 Å². The number of nitrogens with one attached hydrogen (secondary N) is 1. The maximum Gasteiger partial charge on any atom is 0.265 e. The predicted octanol–water partition coefficient (Wildman–Crippen LogP) is 2.84. The summed E-state index contributed by atoms with van der Waals surface area (Å²) in [6, 6.07) is 11.7. The van der Waals surface area contributed by atoms with Crippen molar-refractivity contribution < 1.29 is 13.2 Å². The molecule has 26 heavy (non-hydrogen) atoms. The monoisotopic (exact) mass is 437 g/mol. The molecule has 10 heteroatoms. The molecule has 1 heterocycles. The van der Waals surface area contributed by atoms with E-state index >= 15 is 0 Å². The molecule has 8 nitrogen and oxygen atoms in total. The molecule has 0 saturated carbocycles. The largest absolute Gasteiger partial charge is 0.492 e. The maximum absolute atomic E-state index is 12.9. The number of hydrogen-bond donors (Lipinski definition) is 1. The van der Waals surface area contributed by atoms with Crippen molar-refractivity contribution in [3.63, 3.8) is 0 Å². The summed E-state index contributed by atoms with van der Waals surface area (Å²) in [5.74, 6) is 0.820. The van der Waals surface area contributed by atoms with E-state index in [4.69, 9.17) is 4.74 Å². The summed E-state index contributed by atoms with van der Waals surface area (Å²) in [5, 5.41) is 11.3. The number of hydrogen-bond acceptors (Lipinski definition) is 6. The van der Waals surface area contributed by atoms with Crippen molar-refractivity contribution >= 4 is 31.6 Å². The van der Waals surface area contributed by atoms with Gasteiger partial charge in [0.25, 0.3) is 10.0 Å². The highest BCUT2D eigenvalue weighted by Gasteiger charge is 2.21. The molecule has 0 unspecified atom stereocenters. The number of halogens is 1. The van der Waals surface area contributed by atoms with E-state index in [9.17, 15) is 8.42 Å². The van der Waals surface area contributed by atoms with Gasteiger partial charge in [-0.2, -0.15) is 0 Å². The van der Waals surface area contributed by atoms with Gasteiger partial charge in [0.15, 0.2) is 5.82 Å². The highest BCUT2D eigenvalue weighted by atomic mass is 79.9. The molecule has 3 rings (SSSR count). The van der Waals surface area contributed by atoms with E-state index in [1.807, 2.05) is 0 Å². The first-order chi connectivity index (χ1) is 12.4. The number of anilines is 1. The van der Waals surface area contributed by atoms with Crippen LogP contribution in [0.5, 0.6) is 5.75 Å². The molecule has 0 amide bonds. The Morgan fingerprint density at radius 2 is 2.04 bits per heavy atom. The van der Waals surface area contributed by atoms with Crippen LogP contribution in [0.1, 0.15) is 6.92 Å². The zero-order valence-electron chi connectivity index (χ0n) is 14.0. The van der Waals surface area contributed by atoms with Crippen molar-refractivity contribution in [3.8, 4) is 17.1 Å². The average Bonchev–Trinajstić information content (AvgIpc) is 3.02.